The SMILES string of the molecule is CC(C)(C)OC(=O)C(c1cccc(Br)c1)C(N)O. The zero-order valence-electron chi connectivity index (χ0n) is 10.7. The third-order valence-corrected chi connectivity index (χ3v) is 2.70. The number of carbonyl (C=O) groups excluding carboxylic acids is 1. The highest BCUT2D eigenvalue weighted by Crippen LogP contribution is 2.24. The number of hydrogen-bond donors (Lipinski definition) is 2. The lowest BCUT2D eigenvalue weighted by Crippen LogP contribution is -2.37. The van der Waals surface area contributed by atoms with E-state index in [1.54, 1.807) is 39.0 Å². The third-order valence-electron chi connectivity index (χ3n) is 2.21. The molecule has 1 aromatic rings. The summed E-state index contributed by atoms with van der Waals surface area (Å²) in [5.41, 5.74) is 5.48. The van der Waals surface area contributed by atoms with E-state index in [0.717, 1.165) is 4.47 Å². The fraction of sp³-hybridized carbons (Fsp3) is 0.462. The van der Waals surface area contributed by atoms with Gasteiger partial charge < -0.3 is 15.6 Å². The highest BCUT2D eigenvalue weighted by molar-refractivity contribution is 9.10. The molecule has 2 unspecified atom stereocenters. The van der Waals surface area contributed by atoms with Crippen LogP contribution in [0.4, 0.5) is 0 Å². The van der Waals surface area contributed by atoms with Gasteiger partial charge in [-0.25, -0.2) is 0 Å². The van der Waals surface area contributed by atoms with Gasteiger partial charge in [0, 0.05) is 4.47 Å². The molecule has 0 aliphatic carbocycles. The van der Waals surface area contributed by atoms with Crippen molar-refractivity contribution in [1.82, 2.24) is 0 Å². The topological polar surface area (TPSA) is 72.5 Å². The molecule has 18 heavy (non-hydrogen) atoms. The summed E-state index contributed by atoms with van der Waals surface area (Å²) in [6, 6.07) is 7.08. The van der Waals surface area contributed by atoms with Gasteiger partial charge in [-0.3, -0.25) is 4.79 Å². The first-order valence-electron chi connectivity index (χ1n) is 5.62. The highest BCUT2D eigenvalue weighted by atomic mass is 79.9. The van der Waals surface area contributed by atoms with E-state index in [1.165, 1.54) is 0 Å². The zero-order chi connectivity index (χ0) is 13.9. The number of aliphatic hydroxyl groups is 1. The summed E-state index contributed by atoms with van der Waals surface area (Å²) >= 11 is 3.32. The Kier molecular flexibility index (Phi) is 4.90. The summed E-state index contributed by atoms with van der Waals surface area (Å²) < 4.78 is 6.08. The lowest BCUT2D eigenvalue weighted by Gasteiger charge is -2.25. The van der Waals surface area contributed by atoms with Crippen molar-refractivity contribution < 1.29 is 14.6 Å². The van der Waals surface area contributed by atoms with Gasteiger partial charge in [0.25, 0.3) is 0 Å². The van der Waals surface area contributed by atoms with Crippen LogP contribution < -0.4 is 5.73 Å². The largest absolute Gasteiger partial charge is 0.459 e. The number of hydrogen-bond acceptors (Lipinski definition) is 4. The van der Waals surface area contributed by atoms with Crippen LogP contribution in [0.1, 0.15) is 32.3 Å². The summed E-state index contributed by atoms with van der Waals surface area (Å²) in [6.45, 7) is 5.31. The van der Waals surface area contributed by atoms with Crippen LogP contribution >= 0.6 is 15.9 Å². The Morgan fingerprint density at radius 3 is 2.50 bits per heavy atom. The van der Waals surface area contributed by atoms with Gasteiger partial charge in [0.05, 0.1) is 0 Å². The minimum Gasteiger partial charge on any atom is -0.459 e. The molecule has 2 atom stereocenters. The van der Waals surface area contributed by atoms with Crippen molar-refractivity contribution in [3.05, 3.63) is 34.3 Å². The Hall–Kier alpha value is -0.910. The second-order valence-electron chi connectivity index (χ2n) is 5.06. The van der Waals surface area contributed by atoms with Crippen molar-refractivity contribution in [3.8, 4) is 0 Å². The predicted molar refractivity (Wildman–Crippen MR) is 72.9 cm³/mol. The van der Waals surface area contributed by atoms with Gasteiger partial charge in [-0.1, -0.05) is 28.1 Å². The summed E-state index contributed by atoms with van der Waals surface area (Å²) in [6.07, 6.45) is -1.30. The third kappa shape index (κ3) is 4.40. The molecule has 0 aliphatic heterocycles. The number of benzene rings is 1. The van der Waals surface area contributed by atoms with Gasteiger partial charge in [0.2, 0.25) is 0 Å². The number of rotatable bonds is 3. The standard InChI is InChI=1S/C13H18BrNO3/c1-13(2,3)18-12(17)10(11(15)16)8-5-4-6-9(14)7-8/h4-7,10-11,16H,15H2,1-3H3. The normalized spacial score (nSPS) is 15.0. The van der Waals surface area contributed by atoms with Crippen LogP contribution in [0.3, 0.4) is 0 Å². The van der Waals surface area contributed by atoms with Crippen LogP contribution in [0.15, 0.2) is 28.7 Å². The van der Waals surface area contributed by atoms with Crippen molar-refractivity contribution >= 4 is 21.9 Å². The van der Waals surface area contributed by atoms with E-state index < -0.39 is 23.7 Å². The molecule has 1 rings (SSSR count). The molecule has 0 amide bonds. The average molecular weight is 316 g/mol. The van der Waals surface area contributed by atoms with Crippen molar-refractivity contribution in [1.29, 1.82) is 0 Å². The molecule has 0 spiro atoms. The Morgan fingerprint density at radius 1 is 1.44 bits per heavy atom. The lowest BCUT2D eigenvalue weighted by atomic mass is 9.97. The van der Waals surface area contributed by atoms with E-state index >= 15 is 0 Å². The number of halogens is 1. The fourth-order valence-electron chi connectivity index (χ4n) is 1.54. The minimum absolute atomic E-state index is 0.532. The molecule has 0 saturated heterocycles. The molecule has 5 heteroatoms. The van der Waals surface area contributed by atoms with Gasteiger partial charge in [-0.05, 0) is 38.5 Å². The maximum atomic E-state index is 12.0. The van der Waals surface area contributed by atoms with Crippen molar-refractivity contribution in [3.63, 3.8) is 0 Å². The van der Waals surface area contributed by atoms with Crippen LogP contribution in [0, 0.1) is 0 Å². The van der Waals surface area contributed by atoms with Crippen molar-refractivity contribution in [2.75, 3.05) is 0 Å². The van der Waals surface area contributed by atoms with Gasteiger partial charge in [0.1, 0.15) is 17.7 Å². The molecule has 0 aliphatic rings. The van der Waals surface area contributed by atoms with Crippen LogP contribution in [0.25, 0.3) is 0 Å². The molecule has 1 aromatic carbocycles. The van der Waals surface area contributed by atoms with Crippen LogP contribution in [-0.2, 0) is 9.53 Å². The molecular formula is C13H18BrNO3. The molecule has 3 N–H and O–H groups in total. The number of esters is 1. The van der Waals surface area contributed by atoms with Crippen molar-refractivity contribution in [2.45, 2.75) is 38.5 Å². The van der Waals surface area contributed by atoms with Gasteiger partial charge in [-0.2, -0.15) is 0 Å². The number of aliphatic hydroxyl groups excluding tert-OH is 1. The van der Waals surface area contributed by atoms with Crippen LogP contribution in [0.2, 0.25) is 0 Å². The summed E-state index contributed by atoms with van der Waals surface area (Å²) in [5, 5.41) is 9.59. The number of ether oxygens (including phenoxy) is 1. The molecule has 100 valence electrons. The van der Waals surface area contributed by atoms with E-state index in [-0.39, 0.29) is 0 Å². The first-order valence-corrected chi connectivity index (χ1v) is 6.42. The average Bonchev–Trinajstić information content (AvgIpc) is 2.13. The zero-order valence-corrected chi connectivity index (χ0v) is 12.3. The Morgan fingerprint density at radius 2 is 2.06 bits per heavy atom. The molecule has 0 radical (unpaired) electrons. The second kappa shape index (κ2) is 5.82. The monoisotopic (exact) mass is 315 g/mol. The molecule has 0 bridgehead atoms. The quantitative estimate of drug-likeness (QED) is 0.662. The highest BCUT2D eigenvalue weighted by Gasteiger charge is 2.30. The summed E-state index contributed by atoms with van der Waals surface area (Å²) in [5.74, 6) is -1.42. The Labute approximate surface area is 115 Å². The van der Waals surface area contributed by atoms with Crippen LogP contribution in [0.5, 0.6) is 0 Å². The molecule has 0 aromatic heterocycles. The second-order valence-corrected chi connectivity index (χ2v) is 5.97. The maximum absolute atomic E-state index is 12.0. The van der Waals surface area contributed by atoms with E-state index in [1.807, 2.05) is 6.07 Å². The van der Waals surface area contributed by atoms with Gasteiger partial charge in [0.15, 0.2) is 0 Å². The van der Waals surface area contributed by atoms with Crippen molar-refractivity contribution in [2.24, 2.45) is 5.73 Å². The molecule has 0 heterocycles. The Bertz CT molecular complexity index is 426. The number of carbonyl (C=O) groups is 1. The molecule has 0 saturated carbocycles. The Balaban J connectivity index is 3.00. The predicted octanol–water partition coefficient (Wildman–Crippen LogP) is 2.15. The lowest BCUT2D eigenvalue weighted by molar-refractivity contribution is -0.159. The number of nitrogens with two attached hydrogens (primary N) is 1. The van der Waals surface area contributed by atoms with Gasteiger partial charge in [-0.15, -0.1) is 0 Å². The van der Waals surface area contributed by atoms with Crippen LogP contribution in [-0.4, -0.2) is 22.9 Å². The smallest absolute Gasteiger partial charge is 0.318 e. The summed E-state index contributed by atoms with van der Waals surface area (Å²) in [4.78, 5) is 12.0. The minimum atomic E-state index is -1.30. The van der Waals surface area contributed by atoms with E-state index in [2.05, 4.69) is 15.9 Å². The van der Waals surface area contributed by atoms with E-state index in [4.69, 9.17) is 10.5 Å². The molecular weight excluding hydrogens is 298 g/mol. The first-order chi connectivity index (χ1) is 8.20. The molecule has 4 nitrogen and oxygen atoms in total. The molecule has 0 fully saturated rings. The van der Waals surface area contributed by atoms with E-state index in [0.29, 0.717) is 5.56 Å². The van der Waals surface area contributed by atoms with E-state index in [9.17, 15) is 9.90 Å². The summed E-state index contributed by atoms with van der Waals surface area (Å²) in [7, 11) is 0. The maximum Gasteiger partial charge on any atom is 0.318 e. The first kappa shape index (κ1) is 15.1. The fourth-order valence-corrected chi connectivity index (χ4v) is 1.95. The van der Waals surface area contributed by atoms with Gasteiger partial charge >= 0.3 is 5.97 Å².